The molecule has 4 nitrogen and oxygen atoms in total. The van der Waals surface area contributed by atoms with E-state index >= 15 is 0 Å². The molecule has 4 heteroatoms. The topological polar surface area (TPSA) is 49.4 Å². The lowest BCUT2D eigenvalue weighted by Crippen LogP contribution is -2.46. The molecule has 114 valence electrons. The molecule has 1 aliphatic heterocycles. The summed E-state index contributed by atoms with van der Waals surface area (Å²) in [5.41, 5.74) is 1.07. The summed E-state index contributed by atoms with van der Waals surface area (Å²) in [4.78, 5) is 26.0. The van der Waals surface area contributed by atoms with Crippen LogP contribution in [0.15, 0.2) is 30.3 Å². The molecule has 0 aliphatic carbocycles. The first-order valence-corrected chi connectivity index (χ1v) is 7.71. The zero-order valence-electron chi connectivity index (χ0n) is 12.7. The average Bonchev–Trinajstić information content (AvgIpc) is 2.48. The minimum atomic E-state index is -0.426. The number of carbonyl (C=O) groups is 2. The van der Waals surface area contributed by atoms with Crippen molar-refractivity contribution in [2.24, 2.45) is 0 Å². The van der Waals surface area contributed by atoms with Crippen LogP contribution in [0, 0.1) is 0 Å². The third kappa shape index (κ3) is 5.31. The van der Waals surface area contributed by atoms with Gasteiger partial charge in [0, 0.05) is 0 Å². The zero-order valence-corrected chi connectivity index (χ0v) is 12.7. The van der Waals surface area contributed by atoms with Crippen LogP contribution in [0.1, 0.15) is 31.7 Å². The molecule has 1 fully saturated rings. The quantitative estimate of drug-likeness (QED) is 0.868. The van der Waals surface area contributed by atoms with E-state index in [9.17, 15) is 9.59 Å². The Labute approximate surface area is 126 Å². The van der Waals surface area contributed by atoms with E-state index in [0.29, 0.717) is 13.0 Å². The number of piperidine rings is 1. The monoisotopic (exact) mass is 288 g/mol. The maximum absolute atomic E-state index is 12.1. The Morgan fingerprint density at radius 1 is 1.14 bits per heavy atom. The summed E-state index contributed by atoms with van der Waals surface area (Å²) in [6, 6.07) is 9.37. The second-order valence-corrected chi connectivity index (χ2v) is 5.76. The fourth-order valence-electron chi connectivity index (χ4n) is 2.71. The fraction of sp³-hybridized carbons (Fsp3) is 0.529. The van der Waals surface area contributed by atoms with Crippen LogP contribution in [-0.4, -0.2) is 42.3 Å². The maximum Gasteiger partial charge on any atom is 0.234 e. The molecule has 0 spiro atoms. The van der Waals surface area contributed by atoms with E-state index < -0.39 is 6.04 Å². The van der Waals surface area contributed by atoms with Crippen LogP contribution in [0.3, 0.4) is 0 Å². The van der Waals surface area contributed by atoms with Crippen LogP contribution in [0.25, 0.3) is 0 Å². The Morgan fingerprint density at radius 3 is 2.43 bits per heavy atom. The van der Waals surface area contributed by atoms with E-state index in [4.69, 9.17) is 0 Å². The summed E-state index contributed by atoms with van der Waals surface area (Å²) in [6.07, 6.45) is 4.13. The summed E-state index contributed by atoms with van der Waals surface area (Å²) in [5.74, 6) is -0.0427. The van der Waals surface area contributed by atoms with Gasteiger partial charge >= 0.3 is 0 Å². The van der Waals surface area contributed by atoms with Crippen molar-refractivity contribution in [3.63, 3.8) is 0 Å². The Hall–Kier alpha value is -1.68. The number of hydrogen-bond donors (Lipinski definition) is 1. The van der Waals surface area contributed by atoms with Crippen molar-refractivity contribution >= 4 is 11.7 Å². The molecule has 21 heavy (non-hydrogen) atoms. The number of nitrogens with one attached hydrogen (secondary N) is 1. The van der Waals surface area contributed by atoms with Crippen LogP contribution >= 0.6 is 0 Å². The fourth-order valence-corrected chi connectivity index (χ4v) is 2.71. The molecule has 1 N–H and O–H groups in total. The third-order valence-electron chi connectivity index (χ3n) is 3.92. The van der Waals surface area contributed by atoms with Crippen LogP contribution in [0.5, 0.6) is 0 Å². The molecule has 1 heterocycles. The number of benzene rings is 1. The van der Waals surface area contributed by atoms with Crippen molar-refractivity contribution in [3.05, 3.63) is 35.9 Å². The van der Waals surface area contributed by atoms with Crippen LogP contribution in [0.2, 0.25) is 0 Å². The van der Waals surface area contributed by atoms with Gasteiger partial charge in [0.1, 0.15) is 0 Å². The van der Waals surface area contributed by atoms with Gasteiger partial charge in [0.05, 0.1) is 12.6 Å². The Balaban J connectivity index is 1.86. The molecular formula is C17H24N2O2. The van der Waals surface area contributed by atoms with Gasteiger partial charge in [-0.05, 0) is 44.8 Å². The number of Topliss-reactive ketones (excluding diaryl/α,β-unsaturated/α-hetero) is 1. The minimum absolute atomic E-state index is 0.00541. The standard InChI is InChI=1S/C17H24N2O2/c1-14(20)16(12-15-8-4-2-5-9-15)18-17(21)13-19-10-6-3-7-11-19/h2,4-5,8-9,16H,3,6-7,10-13H2,1H3,(H,18,21)/t16-/m0/s1. The SMILES string of the molecule is CC(=O)[C@H](Cc1ccccc1)NC(=O)CN1CCCCC1. The molecule has 2 rings (SSSR count). The maximum atomic E-state index is 12.1. The van der Waals surface area contributed by atoms with E-state index in [1.54, 1.807) is 0 Å². The lowest BCUT2D eigenvalue weighted by atomic mass is 10.0. The van der Waals surface area contributed by atoms with Gasteiger partial charge in [-0.3, -0.25) is 14.5 Å². The lowest BCUT2D eigenvalue weighted by Gasteiger charge is -2.26. The summed E-state index contributed by atoms with van der Waals surface area (Å²) < 4.78 is 0. The highest BCUT2D eigenvalue weighted by Crippen LogP contribution is 2.08. The molecule has 1 aliphatic rings. The molecule has 1 amide bonds. The van der Waals surface area contributed by atoms with Gasteiger partial charge < -0.3 is 5.32 Å². The van der Waals surface area contributed by atoms with Crippen LogP contribution in [-0.2, 0) is 16.0 Å². The van der Waals surface area contributed by atoms with E-state index in [2.05, 4.69) is 10.2 Å². The van der Waals surface area contributed by atoms with E-state index in [1.165, 1.54) is 13.3 Å². The van der Waals surface area contributed by atoms with Crippen molar-refractivity contribution in [1.29, 1.82) is 0 Å². The van der Waals surface area contributed by atoms with E-state index in [-0.39, 0.29) is 11.7 Å². The van der Waals surface area contributed by atoms with Gasteiger partial charge in [0.25, 0.3) is 0 Å². The normalized spacial score (nSPS) is 17.2. The average molecular weight is 288 g/mol. The second kappa shape index (κ2) is 7.93. The van der Waals surface area contributed by atoms with Gasteiger partial charge in [-0.15, -0.1) is 0 Å². The van der Waals surface area contributed by atoms with Crippen molar-refractivity contribution in [1.82, 2.24) is 10.2 Å². The number of amides is 1. The molecule has 0 radical (unpaired) electrons. The molecule has 1 atom stereocenters. The Kier molecular flexibility index (Phi) is 5.93. The van der Waals surface area contributed by atoms with Gasteiger partial charge in [-0.25, -0.2) is 0 Å². The Morgan fingerprint density at radius 2 is 1.81 bits per heavy atom. The van der Waals surface area contributed by atoms with Crippen LogP contribution < -0.4 is 5.32 Å². The largest absolute Gasteiger partial charge is 0.345 e. The van der Waals surface area contributed by atoms with Gasteiger partial charge in [-0.1, -0.05) is 36.8 Å². The lowest BCUT2D eigenvalue weighted by molar-refractivity contribution is -0.127. The molecular weight excluding hydrogens is 264 g/mol. The predicted molar refractivity (Wildman–Crippen MR) is 83.0 cm³/mol. The number of likely N-dealkylation sites (tertiary alicyclic amines) is 1. The number of carbonyl (C=O) groups excluding carboxylic acids is 2. The highest BCUT2D eigenvalue weighted by atomic mass is 16.2. The number of rotatable bonds is 6. The minimum Gasteiger partial charge on any atom is -0.345 e. The van der Waals surface area contributed by atoms with E-state index in [1.807, 2.05) is 30.3 Å². The van der Waals surface area contributed by atoms with Crippen molar-refractivity contribution in [2.75, 3.05) is 19.6 Å². The number of nitrogens with zero attached hydrogens (tertiary/aromatic N) is 1. The van der Waals surface area contributed by atoms with Crippen molar-refractivity contribution in [2.45, 2.75) is 38.6 Å². The number of hydrogen-bond acceptors (Lipinski definition) is 3. The Bertz CT molecular complexity index is 467. The van der Waals surface area contributed by atoms with Crippen molar-refractivity contribution < 1.29 is 9.59 Å². The first-order valence-electron chi connectivity index (χ1n) is 7.71. The second-order valence-electron chi connectivity index (χ2n) is 5.76. The predicted octanol–water partition coefficient (Wildman–Crippen LogP) is 1.79. The molecule has 1 saturated heterocycles. The van der Waals surface area contributed by atoms with Crippen molar-refractivity contribution in [3.8, 4) is 0 Å². The van der Waals surface area contributed by atoms with Crippen LogP contribution in [0.4, 0.5) is 0 Å². The molecule has 0 unspecified atom stereocenters. The number of ketones is 1. The molecule has 0 saturated carbocycles. The molecule has 0 bridgehead atoms. The summed E-state index contributed by atoms with van der Waals surface area (Å²) in [5, 5.41) is 2.88. The van der Waals surface area contributed by atoms with Gasteiger partial charge in [0.15, 0.2) is 5.78 Å². The highest BCUT2D eigenvalue weighted by molar-refractivity contribution is 5.88. The molecule has 0 aromatic heterocycles. The van der Waals surface area contributed by atoms with Gasteiger partial charge in [0.2, 0.25) is 5.91 Å². The summed E-state index contributed by atoms with van der Waals surface area (Å²) in [7, 11) is 0. The first-order chi connectivity index (χ1) is 10.1. The molecule has 1 aromatic rings. The summed E-state index contributed by atoms with van der Waals surface area (Å²) >= 11 is 0. The van der Waals surface area contributed by atoms with E-state index in [0.717, 1.165) is 31.5 Å². The van der Waals surface area contributed by atoms with Gasteiger partial charge in [-0.2, -0.15) is 0 Å². The first kappa shape index (κ1) is 15.7. The smallest absolute Gasteiger partial charge is 0.234 e. The molecule has 1 aromatic carbocycles. The highest BCUT2D eigenvalue weighted by Gasteiger charge is 2.20. The third-order valence-corrected chi connectivity index (χ3v) is 3.92. The summed E-state index contributed by atoms with van der Waals surface area (Å²) in [6.45, 7) is 3.90. The zero-order chi connectivity index (χ0) is 15.1.